The van der Waals surface area contributed by atoms with Crippen molar-refractivity contribution >= 4 is 11.4 Å². The van der Waals surface area contributed by atoms with E-state index in [4.69, 9.17) is 9.47 Å². The van der Waals surface area contributed by atoms with Crippen molar-refractivity contribution in [1.29, 1.82) is 0 Å². The summed E-state index contributed by atoms with van der Waals surface area (Å²) >= 11 is 0. The molecule has 110 valence electrons. The summed E-state index contributed by atoms with van der Waals surface area (Å²) in [5.74, 6) is 0.438. The van der Waals surface area contributed by atoms with Crippen molar-refractivity contribution in [2.45, 2.75) is 19.1 Å². The lowest BCUT2D eigenvalue weighted by atomic mass is 10.1. The largest absolute Gasteiger partial charge is 0.496 e. The van der Waals surface area contributed by atoms with E-state index >= 15 is 0 Å². The summed E-state index contributed by atoms with van der Waals surface area (Å²) < 4.78 is 10.6. The van der Waals surface area contributed by atoms with Gasteiger partial charge in [-0.15, -0.1) is 0 Å². The van der Waals surface area contributed by atoms with E-state index in [2.05, 4.69) is 0 Å². The molecule has 1 heterocycles. The van der Waals surface area contributed by atoms with Crippen LogP contribution in [0.4, 0.5) is 11.4 Å². The van der Waals surface area contributed by atoms with Crippen molar-refractivity contribution < 1.29 is 19.5 Å². The highest BCUT2D eigenvalue weighted by Crippen LogP contribution is 2.30. The molecule has 0 radical (unpaired) electrons. The van der Waals surface area contributed by atoms with Crippen LogP contribution in [0.1, 0.15) is 6.92 Å². The fourth-order valence-electron chi connectivity index (χ4n) is 2.24. The molecule has 2 atom stereocenters. The molecule has 0 bridgehead atoms. The number of benzene rings is 1. The minimum absolute atomic E-state index is 0.0152. The molecule has 2 unspecified atom stereocenters. The SMILES string of the molecule is COc1cc(N2CC(CO)OCC2C)cc([N+](=O)[O-])c1. The molecule has 0 spiro atoms. The van der Waals surface area contributed by atoms with Gasteiger partial charge in [0.25, 0.3) is 5.69 Å². The van der Waals surface area contributed by atoms with Gasteiger partial charge in [0.05, 0.1) is 37.4 Å². The van der Waals surface area contributed by atoms with Crippen molar-refractivity contribution in [1.82, 2.24) is 0 Å². The van der Waals surface area contributed by atoms with Crippen LogP contribution in [-0.2, 0) is 4.74 Å². The first-order valence-corrected chi connectivity index (χ1v) is 6.37. The molecule has 1 aromatic rings. The summed E-state index contributed by atoms with van der Waals surface area (Å²) in [6, 6.07) is 4.73. The number of hydrogen-bond acceptors (Lipinski definition) is 6. The second-order valence-electron chi connectivity index (χ2n) is 4.79. The van der Waals surface area contributed by atoms with Gasteiger partial charge in [-0.05, 0) is 6.92 Å². The van der Waals surface area contributed by atoms with E-state index in [9.17, 15) is 15.2 Å². The number of anilines is 1. The Balaban J connectivity index is 2.34. The molecule has 7 heteroatoms. The number of non-ortho nitro benzene ring substituents is 1. The van der Waals surface area contributed by atoms with Crippen LogP contribution in [0, 0.1) is 10.1 Å². The van der Waals surface area contributed by atoms with Gasteiger partial charge >= 0.3 is 0 Å². The number of rotatable bonds is 4. The van der Waals surface area contributed by atoms with Gasteiger partial charge < -0.3 is 19.5 Å². The van der Waals surface area contributed by atoms with Gasteiger partial charge in [0.1, 0.15) is 5.75 Å². The lowest BCUT2D eigenvalue weighted by Crippen LogP contribution is -2.49. The van der Waals surface area contributed by atoms with Gasteiger partial charge in [-0.25, -0.2) is 0 Å². The molecule has 0 amide bonds. The normalized spacial score (nSPS) is 22.6. The Kier molecular flexibility index (Phi) is 4.41. The Morgan fingerprint density at radius 3 is 2.90 bits per heavy atom. The molecule has 1 aromatic carbocycles. The summed E-state index contributed by atoms with van der Waals surface area (Å²) in [5.41, 5.74) is 0.684. The summed E-state index contributed by atoms with van der Waals surface area (Å²) in [5, 5.41) is 20.2. The van der Waals surface area contributed by atoms with Gasteiger partial charge in [-0.1, -0.05) is 0 Å². The summed E-state index contributed by atoms with van der Waals surface area (Å²) in [4.78, 5) is 12.5. The Morgan fingerprint density at radius 2 is 2.30 bits per heavy atom. The molecule has 1 aliphatic rings. The molecule has 0 aliphatic carbocycles. The lowest BCUT2D eigenvalue weighted by Gasteiger charge is -2.39. The van der Waals surface area contributed by atoms with Gasteiger partial charge in [0.2, 0.25) is 0 Å². The zero-order chi connectivity index (χ0) is 14.7. The molecule has 2 rings (SSSR count). The molecule has 0 saturated carbocycles. The summed E-state index contributed by atoms with van der Waals surface area (Å²) in [6.07, 6.45) is -0.281. The van der Waals surface area contributed by atoms with Crippen LogP contribution in [0.5, 0.6) is 5.75 Å². The predicted octanol–water partition coefficient (Wildman–Crippen LogP) is 1.19. The zero-order valence-electron chi connectivity index (χ0n) is 11.5. The maximum absolute atomic E-state index is 11.0. The third kappa shape index (κ3) is 3.00. The standard InChI is InChI=1S/C13H18N2O5/c1-9-8-20-13(7-16)6-14(9)10-3-11(15(17)18)5-12(4-10)19-2/h3-5,9,13,16H,6-8H2,1-2H3. The summed E-state index contributed by atoms with van der Waals surface area (Å²) in [7, 11) is 1.47. The molecule has 20 heavy (non-hydrogen) atoms. The quantitative estimate of drug-likeness (QED) is 0.659. The average molecular weight is 282 g/mol. The van der Waals surface area contributed by atoms with Gasteiger partial charge in [0.15, 0.2) is 0 Å². The number of methoxy groups -OCH3 is 1. The highest BCUT2D eigenvalue weighted by Gasteiger charge is 2.27. The van der Waals surface area contributed by atoms with Gasteiger partial charge in [-0.3, -0.25) is 10.1 Å². The molecule has 1 saturated heterocycles. The molecule has 1 N–H and O–H groups in total. The third-order valence-electron chi connectivity index (χ3n) is 3.36. The van der Waals surface area contributed by atoms with E-state index in [1.54, 1.807) is 6.07 Å². The fourth-order valence-corrected chi connectivity index (χ4v) is 2.24. The van der Waals surface area contributed by atoms with Gasteiger partial charge in [-0.2, -0.15) is 0 Å². The van der Waals surface area contributed by atoms with Crippen LogP contribution in [-0.4, -0.2) is 49.0 Å². The average Bonchev–Trinajstić information content (AvgIpc) is 2.47. The smallest absolute Gasteiger partial charge is 0.275 e. The zero-order valence-corrected chi connectivity index (χ0v) is 11.5. The molecule has 0 aromatic heterocycles. The molecule has 1 fully saturated rings. The van der Waals surface area contributed by atoms with Crippen molar-refractivity contribution in [2.24, 2.45) is 0 Å². The monoisotopic (exact) mass is 282 g/mol. The highest BCUT2D eigenvalue weighted by atomic mass is 16.6. The van der Waals surface area contributed by atoms with E-state index in [1.807, 2.05) is 11.8 Å². The van der Waals surface area contributed by atoms with Crippen molar-refractivity contribution in [3.8, 4) is 5.75 Å². The number of nitro groups is 1. The van der Waals surface area contributed by atoms with Gasteiger partial charge in [0, 0.05) is 30.4 Å². The Hall–Kier alpha value is -1.86. The number of aliphatic hydroxyl groups is 1. The molecule has 1 aliphatic heterocycles. The number of aliphatic hydroxyl groups excluding tert-OH is 1. The van der Waals surface area contributed by atoms with Crippen molar-refractivity contribution in [3.63, 3.8) is 0 Å². The second-order valence-corrected chi connectivity index (χ2v) is 4.79. The third-order valence-corrected chi connectivity index (χ3v) is 3.36. The maximum Gasteiger partial charge on any atom is 0.275 e. The number of hydrogen-bond donors (Lipinski definition) is 1. The van der Waals surface area contributed by atoms with Crippen molar-refractivity contribution in [2.75, 3.05) is 31.8 Å². The topological polar surface area (TPSA) is 85.1 Å². The Labute approximate surface area is 116 Å². The first-order valence-electron chi connectivity index (χ1n) is 6.37. The first kappa shape index (κ1) is 14.5. The van der Waals surface area contributed by atoms with E-state index in [1.165, 1.54) is 19.2 Å². The summed E-state index contributed by atoms with van der Waals surface area (Å²) in [6.45, 7) is 2.85. The Morgan fingerprint density at radius 1 is 1.55 bits per heavy atom. The van der Waals surface area contributed by atoms with E-state index in [-0.39, 0.29) is 24.4 Å². The predicted molar refractivity (Wildman–Crippen MR) is 73.3 cm³/mol. The van der Waals surface area contributed by atoms with E-state index in [0.29, 0.717) is 24.6 Å². The number of ether oxygens (including phenoxy) is 2. The molecular weight excluding hydrogens is 264 g/mol. The Bertz CT molecular complexity index is 494. The molecule has 7 nitrogen and oxygen atoms in total. The van der Waals surface area contributed by atoms with E-state index in [0.717, 1.165) is 0 Å². The minimum atomic E-state index is -0.444. The van der Waals surface area contributed by atoms with Crippen LogP contribution >= 0.6 is 0 Å². The van der Waals surface area contributed by atoms with Crippen LogP contribution in [0.15, 0.2) is 18.2 Å². The fraction of sp³-hybridized carbons (Fsp3) is 0.538. The first-order chi connectivity index (χ1) is 9.55. The highest BCUT2D eigenvalue weighted by molar-refractivity contribution is 5.58. The maximum atomic E-state index is 11.0. The van der Waals surface area contributed by atoms with Crippen LogP contribution in [0.2, 0.25) is 0 Å². The number of nitro benzene ring substituents is 1. The minimum Gasteiger partial charge on any atom is -0.496 e. The lowest BCUT2D eigenvalue weighted by molar-refractivity contribution is -0.384. The number of morpholine rings is 1. The van der Waals surface area contributed by atoms with Crippen LogP contribution in [0.3, 0.4) is 0 Å². The van der Waals surface area contributed by atoms with Crippen LogP contribution < -0.4 is 9.64 Å². The van der Waals surface area contributed by atoms with E-state index < -0.39 is 4.92 Å². The number of nitrogens with zero attached hydrogens (tertiary/aromatic N) is 2. The van der Waals surface area contributed by atoms with Crippen molar-refractivity contribution in [3.05, 3.63) is 28.3 Å². The second kappa shape index (κ2) is 6.06. The molecular formula is C13H18N2O5. The van der Waals surface area contributed by atoms with Crippen LogP contribution in [0.25, 0.3) is 0 Å².